The van der Waals surface area contributed by atoms with E-state index in [0.717, 1.165) is 11.3 Å². The second-order valence-electron chi connectivity index (χ2n) is 9.63. The molecular formula is C24H31N5O7S2. The maximum atomic E-state index is 13.2. The van der Waals surface area contributed by atoms with Crippen LogP contribution in [0.15, 0.2) is 34.0 Å². The summed E-state index contributed by atoms with van der Waals surface area (Å²) in [5, 5.41) is 7.85. The number of oxime groups is 1. The number of ether oxygens (including phenoxy) is 2. The van der Waals surface area contributed by atoms with Gasteiger partial charge in [0, 0.05) is 11.1 Å². The quantitative estimate of drug-likeness (QED) is 0.149. The number of nitrogens with zero attached hydrogens (tertiary/aromatic N) is 3. The molecule has 0 aromatic carbocycles. The first-order chi connectivity index (χ1) is 17.8. The lowest BCUT2D eigenvalue weighted by Gasteiger charge is -2.49. The van der Waals surface area contributed by atoms with Crippen LogP contribution in [0.4, 0.5) is 5.13 Å². The number of esters is 2. The highest BCUT2D eigenvalue weighted by Crippen LogP contribution is 2.41. The number of carbonyl (C=O) groups is 4. The molecule has 12 nitrogen and oxygen atoms in total. The Morgan fingerprint density at radius 2 is 2.03 bits per heavy atom. The Morgan fingerprint density at radius 1 is 1.32 bits per heavy atom. The zero-order valence-electron chi connectivity index (χ0n) is 22.0. The zero-order valence-corrected chi connectivity index (χ0v) is 23.6. The third-order valence-corrected chi connectivity index (χ3v) is 7.15. The number of anilines is 1. The molecule has 0 spiro atoms. The number of hydrogen-bond donors (Lipinski definition) is 2. The molecule has 2 amide bonds. The Bertz CT molecular complexity index is 1200. The summed E-state index contributed by atoms with van der Waals surface area (Å²) in [6.07, 6.45) is 3.15. The van der Waals surface area contributed by atoms with E-state index in [0.29, 0.717) is 11.3 Å². The highest BCUT2D eigenvalue weighted by molar-refractivity contribution is 8.00. The van der Waals surface area contributed by atoms with Crippen LogP contribution in [-0.4, -0.2) is 69.4 Å². The number of allylic oxidation sites excluding steroid dienone is 2. The van der Waals surface area contributed by atoms with E-state index in [9.17, 15) is 19.2 Å². The first kappa shape index (κ1) is 29.2. The Morgan fingerprint density at radius 3 is 2.61 bits per heavy atom. The van der Waals surface area contributed by atoms with Crippen molar-refractivity contribution in [2.75, 3.05) is 18.3 Å². The number of nitrogens with two attached hydrogens (primary N) is 1. The van der Waals surface area contributed by atoms with Crippen LogP contribution in [0.1, 0.15) is 47.2 Å². The predicted molar refractivity (Wildman–Crippen MR) is 143 cm³/mol. The van der Waals surface area contributed by atoms with Gasteiger partial charge < -0.3 is 25.4 Å². The summed E-state index contributed by atoms with van der Waals surface area (Å²) < 4.78 is 10.2. The molecule has 1 fully saturated rings. The Hall–Kier alpha value is -3.39. The number of thiazole rings is 1. The average Bonchev–Trinajstić information content (AvgIpc) is 3.27. The summed E-state index contributed by atoms with van der Waals surface area (Å²) in [5.41, 5.74) is 5.65. The smallest absolute Gasteiger partial charge is 0.358 e. The topological polar surface area (TPSA) is 163 Å². The van der Waals surface area contributed by atoms with Crippen molar-refractivity contribution in [3.05, 3.63) is 34.5 Å². The van der Waals surface area contributed by atoms with Crippen molar-refractivity contribution in [1.29, 1.82) is 0 Å². The molecule has 2 aliphatic rings. The third-order valence-electron chi connectivity index (χ3n) is 5.17. The summed E-state index contributed by atoms with van der Waals surface area (Å²) in [6.45, 7) is 9.72. The average molecular weight is 566 g/mol. The molecule has 1 aromatic rings. The molecule has 2 aliphatic heterocycles. The molecule has 1 saturated heterocycles. The summed E-state index contributed by atoms with van der Waals surface area (Å²) in [4.78, 5) is 61.9. The van der Waals surface area contributed by atoms with Gasteiger partial charge in [-0.2, -0.15) is 0 Å². The number of aromatic nitrogens is 1. The van der Waals surface area contributed by atoms with Crippen LogP contribution in [0, 0.1) is 5.41 Å². The van der Waals surface area contributed by atoms with Crippen LogP contribution in [-0.2, 0) is 33.5 Å². The maximum Gasteiger partial charge on any atom is 0.358 e. The number of hydrogen-bond acceptors (Lipinski definition) is 12. The first-order valence-electron chi connectivity index (χ1n) is 11.8. The van der Waals surface area contributed by atoms with E-state index in [1.54, 1.807) is 59.1 Å². The molecule has 38 heavy (non-hydrogen) atoms. The number of fused-ring (bicyclic) bond motifs is 1. The van der Waals surface area contributed by atoms with E-state index in [1.165, 1.54) is 16.7 Å². The molecule has 3 heterocycles. The van der Waals surface area contributed by atoms with Crippen molar-refractivity contribution in [2.45, 2.75) is 59.1 Å². The monoisotopic (exact) mass is 565 g/mol. The van der Waals surface area contributed by atoms with Crippen molar-refractivity contribution in [3.8, 4) is 0 Å². The summed E-state index contributed by atoms with van der Waals surface area (Å²) in [7, 11) is 0. The van der Waals surface area contributed by atoms with Crippen LogP contribution in [0.5, 0.6) is 0 Å². The second kappa shape index (κ2) is 12.0. The number of nitrogen functional groups attached to an aromatic ring is 1. The normalized spacial score (nSPS) is 19.8. The SMILES string of the molecule is C/C=C\C1=C(C(=O)OCOC(=O)C(C)(C)C)N2C(=O)[C@@H](NC(=O)/C(=N\OC(C)C)c3csc(N)n3)[C@@H]2SC1. The summed E-state index contributed by atoms with van der Waals surface area (Å²) >= 11 is 2.52. The molecule has 206 valence electrons. The van der Waals surface area contributed by atoms with Gasteiger partial charge in [-0.3, -0.25) is 19.3 Å². The van der Waals surface area contributed by atoms with E-state index in [4.69, 9.17) is 20.0 Å². The Kier molecular flexibility index (Phi) is 9.20. The largest absolute Gasteiger partial charge is 0.427 e. The predicted octanol–water partition coefficient (Wildman–Crippen LogP) is 2.17. The van der Waals surface area contributed by atoms with Gasteiger partial charge in [-0.1, -0.05) is 17.3 Å². The number of rotatable bonds is 9. The molecule has 1 aromatic heterocycles. The van der Waals surface area contributed by atoms with E-state index in [2.05, 4.69) is 15.5 Å². The molecule has 3 N–H and O–H groups in total. The lowest BCUT2D eigenvalue weighted by Crippen LogP contribution is -2.71. The van der Waals surface area contributed by atoms with E-state index >= 15 is 0 Å². The van der Waals surface area contributed by atoms with Gasteiger partial charge in [0.15, 0.2) is 10.8 Å². The van der Waals surface area contributed by atoms with E-state index < -0.39 is 47.4 Å². The van der Waals surface area contributed by atoms with Gasteiger partial charge >= 0.3 is 11.9 Å². The van der Waals surface area contributed by atoms with Crippen molar-refractivity contribution >= 4 is 57.7 Å². The molecule has 0 unspecified atom stereocenters. The molecular weight excluding hydrogens is 534 g/mol. The van der Waals surface area contributed by atoms with Gasteiger partial charge in [0.1, 0.15) is 28.9 Å². The third kappa shape index (κ3) is 6.54. The van der Waals surface area contributed by atoms with Crippen LogP contribution in [0.3, 0.4) is 0 Å². The van der Waals surface area contributed by atoms with E-state index in [1.807, 2.05) is 0 Å². The first-order valence-corrected chi connectivity index (χ1v) is 13.7. The Labute approximate surface area is 228 Å². The van der Waals surface area contributed by atoms with Crippen molar-refractivity contribution < 1.29 is 33.5 Å². The fraction of sp³-hybridized carbons (Fsp3) is 0.500. The van der Waals surface area contributed by atoms with Gasteiger partial charge in [-0.15, -0.1) is 23.1 Å². The number of carbonyl (C=O) groups excluding carboxylic acids is 4. The molecule has 0 saturated carbocycles. The number of amides is 2. The highest BCUT2D eigenvalue weighted by Gasteiger charge is 2.54. The zero-order chi connectivity index (χ0) is 28.2. The number of nitrogens with one attached hydrogen (secondary N) is 1. The van der Waals surface area contributed by atoms with Crippen molar-refractivity contribution in [2.24, 2.45) is 10.6 Å². The van der Waals surface area contributed by atoms with Crippen LogP contribution >= 0.6 is 23.1 Å². The molecule has 0 aliphatic carbocycles. The molecule has 0 radical (unpaired) electrons. The standard InChI is InChI=1S/C24H31N5O7S2/c1-7-8-13-9-37-20-16(27-18(30)15(28-36-12(2)3)14-10-38-23(25)26-14)19(31)29(20)17(13)21(32)34-11-35-22(33)24(4,5)6/h7-8,10,12,16,20H,9,11H2,1-6H3,(H2,25,26)(H,27,30)/b8-7-,28-15-/t16-,20+/m1/s1. The molecule has 14 heteroatoms. The summed E-state index contributed by atoms with van der Waals surface area (Å²) in [6, 6.07) is -0.929. The maximum absolute atomic E-state index is 13.2. The number of β-lactam (4-membered cyclic amide) rings is 1. The van der Waals surface area contributed by atoms with Crippen LogP contribution < -0.4 is 11.1 Å². The minimum Gasteiger partial charge on any atom is -0.427 e. The number of thioether (sulfide) groups is 1. The van der Waals surface area contributed by atoms with Gasteiger partial charge in [-0.05, 0) is 47.1 Å². The van der Waals surface area contributed by atoms with Gasteiger partial charge in [0.05, 0.1) is 5.41 Å². The minimum atomic E-state index is -0.929. The lowest BCUT2D eigenvalue weighted by molar-refractivity contribution is -0.173. The summed E-state index contributed by atoms with van der Waals surface area (Å²) in [5.74, 6) is -2.13. The van der Waals surface area contributed by atoms with Crippen LogP contribution in [0.2, 0.25) is 0 Å². The molecule has 3 rings (SSSR count). The molecule has 2 atom stereocenters. The highest BCUT2D eigenvalue weighted by atomic mass is 32.2. The minimum absolute atomic E-state index is 0.0402. The van der Waals surface area contributed by atoms with Crippen molar-refractivity contribution in [1.82, 2.24) is 15.2 Å². The lowest BCUT2D eigenvalue weighted by atomic mass is 9.98. The van der Waals surface area contributed by atoms with Gasteiger partial charge in [0.25, 0.3) is 11.8 Å². The van der Waals surface area contributed by atoms with Crippen LogP contribution in [0.25, 0.3) is 0 Å². The van der Waals surface area contributed by atoms with E-state index in [-0.39, 0.29) is 28.3 Å². The molecule has 0 bridgehead atoms. The fourth-order valence-electron chi connectivity index (χ4n) is 3.35. The van der Waals surface area contributed by atoms with Gasteiger partial charge in [-0.25, -0.2) is 9.78 Å². The fourth-order valence-corrected chi connectivity index (χ4v) is 5.22. The Balaban J connectivity index is 1.76. The van der Waals surface area contributed by atoms with Gasteiger partial charge in [0.2, 0.25) is 6.79 Å². The van der Waals surface area contributed by atoms with Crippen molar-refractivity contribution in [3.63, 3.8) is 0 Å². The second-order valence-corrected chi connectivity index (χ2v) is 11.6.